The van der Waals surface area contributed by atoms with Gasteiger partial charge in [0, 0.05) is 19.2 Å². The molecule has 0 aliphatic carbocycles. The van der Waals surface area contributed by atoms with Crippen molar-refractivity contribution in [3.05, 3.63) is 30.1 Å². The maximum absolute atomic E-state index is 13.2. The molecule has 22 heavy (non-hydrogen) atoms. The molecule has 6 heteroatoms. The van der Waals surface area contributed by atoms with Crippen molar-refractivity contribution in [3.63, 3.8) is 0 Å². The first-order chi connectivity index (χ1) is 10.7. The van der Waals surface area contributed by atoms with Crippen molar-refractivity contribution in [2.24, 2.45) is 4.99 Å². The van der Waals surface area contributed by atoms with Crippen LogP contribution in [0.4, 0.5) is 8.78 Å². The lowest BCUT2D eigenvalue weighted by atomic mass is 10.2. The van der Waals surface area contributed by atoms with E-state index in [-0.39, 0.29) is 18.6 Å². The van der Waals surface area contributed by atoms with Crippen molar-refractivity contribution in [1.29, 1.82) is 0 Å². The van der Waals surface area contributed by atoms with Crippen molar-refractivity contribution in [1.82, 2.24) is 10.6 Å². The Morgan fingerprint density at radius 1 is 1.32 bits per heavy atom. The van der Waals surface area contributed by atoms with E-state index in [1.165, 1.54) is 12.1 Å². The Balaban J connectivity index is 2.56. The van der Waals surface area contributed by atoms with E-state index in [9.17, 15) is 8.78 Å². The fourth-order valence-corrected chi connectivity index (χ4v) is 1.79. The van der Waals surface area contributed by atoms with Gasteiger partial charge in [0.1, 0.15) is 17.7 Å². The van der Waals surface area contributed by atoms with Crippen LogP contribution >= 0.6 is 0 Å². The topological polar surface area (TPSA) is 45.7 Å². The number of hydrogen-bond acceptors (Lipinski definition) is 2. The second-order valence-electron chi connectivity index (χ2n) is 4.79. The molecule has 2 N–H and O–H groups in total. The van der Waals surface area contributed by atoms with Crippen LogP contribution in [-0.4, -0.2) is 38.4 Å². The van der Waals surface area contributed by atoms with E-state index in [1.54, 1.807) is 12.1 Å². The molecule has 0 fully saturated rings. The smallest absolute Gasteiger partial charge is 0.191 e. The summed E-state index contributed by atoms with van der Waals surface area (Å²) in [6.07, 6.45) is 1.06. The Hall–Kier alpha value is -1.85. The van der Waals surface area contributed by atoms with Crippen LogP contribution in [-0.2, 0) is 0 Å². The Kier molecular flexibility index (Phi) is 8.95. The van der Waals surface area contributed by atoms with Crippen molar-refractivity contribution in [2.45, 2.75) is 32.8 Å². The highest BCUT2D eigenvalue weighted by atomic mass is 19.1. The van der Waals surface area contributed by atoms with E-state index >= 15 is 0 Å². The standard InChI is InChI=1S/C16H25F2N3O/c1-3-14(22-15-8-5-7-13(18)11-15)12-21-16(19-4-2)20-10-6-9-17/h5,7-8,11,14H,3-4,6,9-10,12H2,1-2H3,(H2,19,20,21). The molecule has 0 amide bonds. The second kappa shape index (κ2) is 10.8. The molecular weight excluding hydrogens is 288 g/mol. The van der Waals surface area contributed by atoms with Gasteiger partial charge in [-0.3, -0.25) is 4.39 Å². The van der Waals surface area contributed by atoms with Crippen LogP contribution in [0.2, 0.25) is 0 Å². The highest BCUT2D eigenvalue weighted by Gasteiger charge is 2.09. The molecule has 1 aromatic carbocycles. The van der Waals surface area contributed by atoms with E-state index in [0.29, 0.717) is 31.2 Å². The van der Waals surface area contributed by atoms with Crippen LogP contribution in [0.5, 0.6) is 5.75 Å². The van der Waals surface area contributed by atoms with Gasteiger partial charge in [0.15, 0.2) is 5.96 Å². The molecule has 1 aromatic rings. The summed E-state index contributed by atoms with van der Waals surface area (Å²) >= 11 is 0. The molecule has 1 rings (SSSR count). The Morgan fingerprint density at radius 2 is 2.14 bits per heavy atom. The first-order valence-corrected chi connectivity index (χ1v) is 7.70. The maximum atomic E-state index is 13.2. The molecule has 0 aliphatic rings. The molecule has 0 heterocycles. The van der Waals surface area contributed by atoms with Crippen molar-refractivity contribution < 1.29 is 13.5 Å². The van der Waals surface area contributed by atoms with E-state index in [4.69, 9.17) is 4.74 Å². The molecule has 0 bridgehead atoms. The first-order valence-electron chi connectivity index (χ1n) is 7.70. The number of alkyl halides is 1. The Morgan fingerprint density at radius 3 is 2.77 bits per heavy atom. The summed E-state index contributed by atoms with van der Waals surface area (Å²) in [6, 6.07) is 6.07. The van der Waals surface area contributed by atoms with Gasteiger partial charge in [-0.05, 0) is 31.9 Å². The first kappa shape index (κ1) is 18.2. The van der Waals surface area contributed by atoms with Crippen LogP contribution in [0.15, 0.2) is 29.3 Å². The van der Waals surface area contributed by atoms with Crippen LogP contribution in [0.25, 0.3) is 0 Å². The van der Waals surface area contributed by atoms with E-state index in [0.717, 1.165) is 13.0 Å². The number of nitrogens with zero attached hydrogens (tertiary/aromatic N) is 1. The number of hydrogen-bond donors (Lipinski definition) is 2. The lowest BCUT2D eigenvalue weighted by Crippen LogP contribution is -2.38. The lowest BCUT2D eigenvalue weighted by molar-refractivity contribution is 0.205. The zero-order chi connectivity index (χ0) is 16.2. The third-order valence-corrected chi connectivity index (χ3v) is 2.95. The molecule has 0 saturated heterocycles. The Labute approximate surface area is 131 Å². The van der Waals surface area contributed by atoms with Gasteiger partial charge in [-0.1, -0.05) is 13.0 Å². The van der Waals surface area contributed by atoms with E-state index in [2.05, 4.69) is 15.6 Å². The van der Waals surface area contributed by atoms with E-state index in [1.807, 2.05) is 13.8 Å². The van der Waals surface area contributed by atoms with Crippen molar-refractivity contribution >= 4 is 5.96 Å². The minimum absolute atomic E-state index is 0.140. The molecule has 1 atom stereocenters. The molecule has 0 spiro atoms. The molecule has 0 aromatic heterocycles. The molecule has 0 radical (unpaired) electrons. The predicted octanol–water partition coefficient (Wildman–Crippen LogP) is 2.90. The number of benzene rings is 1. The zero-order valence-corrected chi connectivity index (χ0v) is 13.2. The Bertz CT molecular complexity index is 455. The molecule has 124 valence electrons. The van der Waals surface area contributed by atoms with Gasteiger partial charge in [0.2, 0.25) is 0 Å². The van der Waals surface area contributed by atoms with Gasteiger partial charge >= 0.3 is 0 Å². The lowest BCUT2D eigenvalue weighted by Gasteiger charge is -2.17. The monoisotopic (exact) mass is 313 g/mol. The van der Waals surface area contributed by atoms with Gasteiger partial charge in [0.05, 0.1) is 13.2 Å². The van der Waals surface area contributed by atoms with Crippen LogP contribution < -0.4 is 15.4 Å². The molecule has 1 unspecified atom stereocenters. The van der Waals surface area contributed by atoms with Crippen molar-refractivity contribution in [3.8, 4) is 5.75 Å². The summed E-state index contributed by atoms with van der Waals surface area (Å²) in [4.78, 5) is 4.43. The number of nitrogens with one attached hydrogen (secondary N) is 2. The summed E-state index contributed by atoms with van der Waals surface area (Å²) in [5, 5.41) is 6.15. The number of rotatable bonds is 9. The minimum atomic E-state index is -0.354. The maximum Gasteiger partial charge on any atom is 0.191 e. The predicted molar refractivity (Wildman–Crippen MR) is 85.7 cm³/mol. The summed E-state index contributed by atoms with van der Waals surface area (Å²) < 4.78 is 31.0. The fourth-order valence-electron chi connectivity index (χ4n) is 1.79. The fraction of sp³-hybridized carbons (Fsp3) is 0.562. The summed E-state index contributed by atoms with van der Waals surface area (Å²) in [5.41, 5.74) is 0. The SMILES string of the molecule is CCNC(=NCC(CC)Oc1cccc(F)c1)NCCCF. The molecule has 4 nitrogen and oxygen atoms in total. The quantitative estimate of drug-likeness (QED) is 0.419. The van der Waals surface area contributed by atoms with E-state index < -0.39 is 0 Å². The van der Waals surface area contributed by atoms with Crippen LogP contribution in [0.1, 0.15) is 26.7 Å². The molecular formula is C16H25F2N3O. The highest BCUT2D eigenvalue weighted by molar-refractivity contribution is 5.79. The average Bonchev–Trinajstić information content (AvgIpc) is 2.51. The highest BCUT2D eigenvalue weighted by Crippen LogP contribution is 2.15. The average molecular weight is 313 g/mol. The third-order valence-electron chi connectivity index (χ3n) is 2.95. The number of guanidine groups is 1. The molecule has 0 aliphatic heterocycles. The third kappa shape index (κ3) is 7.24. The van der Waals surface area contributed by atoms with Gasteiger partial charge in [-0.15, -0.1) is 0 Å². The van der Waals surface area contributed by atoms with Gasteiger partial charge < -0.3 is 15.4 Å². The number of ether oxygens (including phenoxy) is 1. The summed E-state index contributed by atoms with van der Waals surface area (Å²) in [7, 11) is 0. The number of aliphatic imine (C=N–C) groups is 1. The largest absolute Gasteiger partial charge is 0.488 e. The van der Waals surface area contributed by atoms with Crippen LogP contribution in [0, 0.1) is 5.82 Å². The summed E-state index contributed by atoms with van der Waals surface area (Å²) in [5.74, 6) is 0.812. The zero-order valence-electron chi connectivity index (χ0n) is 13.2. The van der Waals surface area contributed by atoms with Gasteiger partial charge in [-0.25, -0.2) is 9.38 Å². The van der Waals surface area contributed by atoms with Crippen LogP contribution in [0.3, 0.4) is 0 Å². The second-order valence-corrected chi connectivity index (χ2v) is 4.79. The molecule has 0 saturated carbocycles. The minimum Gasteiger partial charge on any atom is -0.488 e. The van der Waals surface area contributed by atoms with Gasteiger partial charge in [-0.2, -0.15) is 0 Å². The summed E-state index contributed by atoms with van der Waals surface area (Å²) in [6.45, 7) is 5.30. The van der Waals surface area contributed by atoms with Crippen molar-refractivity contribution in [2.75, 3.05) is 26.3 Å². The van der Waals surface area contributed by atoms with Gasteiger partial charge in [0.25, 0.3) is 0 Å². The normalized spacial score (nSPS) is 12.8. The number of halogens is 2.